The van der Waals surface area contributed by atoms with Gasteiger partial charge in [-0.3, -0.25) is 4.79 Å². The maximum Gasteiger partial charge on any atom is 0.254 e. The van der Waals surface area contributed by atoms with E-state index >= 15 is 0 Å². The van der Waals surface area contributed by atoms with Crippen molar-refractivity contribution in [2.75, 3.05) is 27.3 Å². The number of rotatable bonds is 7. The van der Waals surface area contributed by atoms with Crippen molar-refractivity contribution in [1.82, 2.24) is 9.62 Å². The second-order valence-corrected chi connectivity index (χ2v) is 9.76. The van der Waals surface area contributed by atoms with Crippen LogP contribution >= 0.6 is 0 Å². The molecule has 3 aromatic carbocycles. The van der Waals surface area contributed by atoms with Gasteiger partial charge < -0.3 is 14.4 Å². The quantitative estimate of drug-likeness (QED) is 0.556. The summed E-state index contributed by atoms with van der Waals surface area (Å²) in [5, 5.41) is 0. The molecule has 8 heteroatoms. The van der Waals surface area contributed by atoms with E-state index in [1.807, 2.05) is 42.5 Å². The molecule has 0 bridgehead atoms. The molecule has 4 rings (SSSR count). The molecule has 178 valence electrons. The molecule has 7 nitrogen and oxygen atoms in total. The number of amides is 1. The third kappa shape index (κ3) is 4.51. The van der Waals surface area contributed by atoms with Crippen molar-refractivity contribution < 1.29 is 22.7 Å². The van der Waals surface area contributed by atoms with Gasteiger partial charge in [-0.15, -0.1) is 0 Å². The lowest BCUT2D eigenvalue weighted by Crippen LogP contribution is -2.40. The van der Waals surface area contributed by atoms with Crippen LogP contribution < -0.4 is 14.2 Å². The Balaban J connectivity index is 1.80. The highest BCUT2D eigenvalue weighted by Gasteiger charge is 2.34. The zero-order valence-corrected chi connectivity index (χ0v) is 20.3. The summed E-state index contributed by atoms with van der Waals surface area (Å²) in [5.41, 5.74) is 3.32. The van der Waals surface area contributed by atoms with Crippen molar-refractivity contribution in [3.63, 3.8) is 0 Å². The van der Waals surface area contributed by atoms with Crippen LogP contribution in [0.2, 0.25) is 0 Å². The zero-order chi connectivity index (χ0) is 24.3. The summed E-state index contributed by atoms with van der Waals surface area (Å²) >= 11 is 0. The summed E-state index contributed by atoms with van der Waals surface area (Å²) in [5.74, 6) is 1.01. The molecular weight excluding hydrogens is 452 g/mol. The van der Waals surface area contributed by atoms with Gasteiger partial charge in [-0.2, -0.15) is 0 Å². The zero-order valence-electron chi connectivity index (χ0n) is 19.4. The number of carbonyl (C=O) groups excluding carboxylic acids is 1. The number of hydrogen-bond acceptors (Lipinski definition) is 5. The van der Waals surface area contributed by atoms with Crippen LogP contribution in [0.4, 0.5) is 0 Å². The predicted molar refractivity (Wildman–Crippen MR) is 130 cm³/mol. The van der Waals surface area contributed by atoms with Crippen LogP contribution in [0.25, 0.3) is 0 Å². The second-order valence-electron chi connectivity index (χ2n) is 8.00. The number of fused-ring (bicyclic) bond motifs is 1. The van der Waals surface area contributed by atoms with Gasteiger partial charge in [0.15, 0.2) is 11.5 Å². The molecule has 0 saturated carbocycles. The molecule has 0 radical (unpaired) electrons. The van der Waals surface area contributed by atoms with E-state index in [9.17, 15) is 13.2 Å². The highest BCUT2D eigenvalue weighted by atomic mass is 32.2. The second kappa shape index (κ2) is 9.87. The number of hydrogen-bond donors (Lipinski definition) is 1. The molecule has 1 N–H and O–H groups in total. The lowest BCUT2D eigenvalue weighted by Gasteiger charge is -2.38. The number of ether oxygens (including phenoxy) is 2. The van der Waals surface area contributed by atoms with Crippen LogP contribution in [0, 0.1) is 0 Å². The fourth-order valence-electron chi connectivity index (χ4n) is 4.39. The number of nitrogens with one attached hydrogen (secondary N) is 1. The fraction of sp³-hybridized carbons (Fsp3) is 0.269. The maximum absolute atomic E-state index is 13.8. The van der Waals surface area contributed by atoms with E-state index in [4.69, 9.17) is 9.47 Å². The summed E-state index contributed by atoms with van der Waals surface area (Å²) in [6, 6.07) is 19.5. The number of sulfonamides is 1. The molecule has 1 aliphatic heterocycles. The van der Waals surface area contributed by atoms with E-state index in [-0.39, 0.29) is 23.4 Å². The molecular formula is C26H28N2O5S. The highest BCUT2D eigenvalue weighted by Crippen LogP contribution is 2.41. The van der Waals surface area contributed by atoms with Gasteiger partial charge in [-0.05, 0) is 53.4 Å². The van der Waals surface area contributed by atoms with Crippen molar-refractivity contribution in [3.05, 3.63) is 89.0 Å². The summed E-state index contributed by atoms with van der Waals surface area (Å²) in [6.07, 6.45) is 0.639. The van der Waals surface area contributed by atoms with Crippen molar-refractivity contribution >= 4 is 15.9 Å². The van der Waals surface area contributed by atoms with Gasteiger partial charge in [0.2, 0.25) is 10.0 Å². The van der Waals surface area contributed by atoms with Crippen LogP contribution in [0.5, 0.6) is 11.5 Å². The standard InChI is InChI=1S/C26H28N2O5S/c1-4-27-34(30,31)21-12-8-11-20(15-21)26(29)28-14-13-19-16-23(32-2)24(33-3)17-22(19)25(28)18-9-6-5-7-10-18/h5-12,15-17,25,27H,4,13-14H2,1-3H3. The van der Waals surface area contributed by atoms with Crippen LogP contribution in [0.1, 0.15) is 40.0 Å². The fourth-order valence-corrected chi connectivity index (χ4v) is 5.48. The largest absolute Gasteiger partial charge is 0.493 e. The summed E-state index contributed by atoms with van der Waals surface area (Å²) < 4.78 is 38.5. The first-order valence-electron chi connectivity index (χ1n) is 11.1. The first-order valence-corrected chi connectivity index (χ1v) is 12.6. The Morgan fingerprint density at radius 1 is 1.00 bits per heavy atom. The minimum Gasteiger partial charge on any atom is -0.493 e. The molecule has 0 fully saturated rings. The van der Waals surface area contributed by atoms with E-state index in [0.29, 0.717) is 30.0 Å². The monoisotopic (exact) mass is 480 g/mol. The summed E-state index contributed by atoms with van der Waals surface area (Å²) in [7, 11) is -0.489. The third-order valence-electron chi connectivity index (χ3n) is 5.98. The van der Waals surface area contributed by atoms with Crippen molar-refractivity contribution in [2.45, 2.75) is 24.3 Å². The van der Waals surface area contributed by atoms with Crippen LogP contribution in [-0.2, 0) is 16.4 Å². The van der Waals surface area contributed by atoms with E-state index in [1.54, 1.807) is 38.2 Å². The first kappa shape index (κ1) is 23.8. The van der Waals surface area contributed by atoms with Crippen molar-refractivity contribution in [2.24, 2.45) is 0 Å². The van der Waals surface area contributed by atoms with Gasteiger partial charge in [0.05, 0.1) is 25.2 Å². The molecule has 0 aromatic heterocycles. The van der Waals surface area contributed by atoms with Gasteiger partial charge >= 0.3 is 0 Å². The lowest BCUT2D eigenvalue weighted by molar-refractivity contribution is 0.0694. The number of benzene rings is 3. The minimum atomic E-state index is -3.68. The van der Waals surface area contributed by atoms with Crippen LogP contribution in [0.15, 0.2) is 71.6 Å². The Bertz CT molecular complexity index is 1290. The Labute approximate surface area is 200 Å². The minimum absolute atomic E-state index is 0.0697. The third-order valence-corrected chi connectivity index (χ3v) is 7.52. The highest BCUT2D eigenvalue weighted by molar-refractivity contribution is 7.89. The molecule has 1 atom stereocenters. The first-order chi connectivity index (χ1) is 16.4. The van der Waals surface area contributed by atoms with E-state index < -0.39 is 10.0 Å². The molecule has 1 amide bonds. The molecule has 3 aromatic rings. The Morgan fingerprint density at radius 2 is 1.71 bits per heavy atom. The van der Waals surface area contributed by atoms with Gasteiger partial charge in [0, 0.05) is 18.7 Å². The molecule has 1 unspecified atom stereocenters. The topological polar surface area (TPSA) is 84.9 Å². The summed E-state index contributed by atoms with van der Waals surface area (Å²) in [4.78, 5) is 15.6. The van der Waals surface area contributed by atoms with E-state index in [2.05, 4.69) is 4.72 Å². The van der Waals surface area contributed by atoms with Crippen LogP contribution in [0.3, 0.4) is 0 Å². The average Bonchev–Trinajstić information content (AvgIpc) is 2.87. The van der Waals surface area contributed by atoms with Gasteiger partial charge in [0.25, 0.3) is 5.91 Å². The molecule has 1 heterocycles. The maximum atomic E-state index is 13.8. The summed E-state index contributed by atoms with van der Waals surface area (Å²) in [6.45, 7) is 2.46. The van der Waals surface area contributed by atoms with Crippen LogP contribution in [-0.4, -0.2) is 46.5 Å². The van der Waals surface area contributed by atoms with Gasteiger partial charge in [-0.1, -0.05) is 43.3 Å². The van der Waals surface area contributed by atoms with E-state index in [0.717, 1.165) is 16.7 Å². The molecule has 34 heavy (non-hydrogen) atoms. The van der Waals surface area contributed by atoms with E-state index in [1.165, 1.54) is 12.1 Å². The Morgan fingerprint density at radius 3 is 2.38 bits per heavy atom. The predicted octanol–water partition coefficient (Wildman–Crippen LogP) is 3.79. The molecule has 0 spiro atoms. The molecule has 1 aliphatic rings. The van der Waals surface area contributed by atoms with Crippen molar-refractivity contribution in [1.29, 1.82) is 0 Å². The number of nitrogens with zero attached hydrogens (tertiary/aromatic N) is 1. The Hall–Kier alpha value is -3.36. The number of methoxy groups -OCH3 is 2. The SMILES string of the molecule is CCNS(=O)(=O)c1cccc(C(=O)N2CCc3cc(OC)c(OC)cc3C2c2ccccc2)c1. The molecule has 0 aliphatic carbocycles. The van der Waals surface area contributed by atoms with Gasteiger partial charge in [-0.25, -0.2) is 13.1 Å². The molecule has 0 saturated heterocycles. The lowest BCUT2D eigenvalue weighted by atomic mass is 9.87. The van der Waals surface area contributed by atoms with Gasteiger partial charge in [0.1, 0.15) is 0 Å². The Kier molecular flexibility index (Phi) is 6.90. The van der Waals surface area contributed by atoms with Crippen molar-refractivity contribution in [3.8, 4) is 11.5 Å². The average molecular weight is 481 g/mol. The normalized spacial score (nSPS) is 15.5. The number of carbonyl (C=O) groups is 1. The smallest absolute Gasteiger partial charge is 0.254 e.